The van der Waals surface area contributed by atoms with Crippen molar-refractivity contribution in [1.29, 1.82) is 0 Å². The van der Waals surface area contributed by atoms with Gasteiger partial charge in [-0.25, -0.2) is 4.98 Å². The number of imidazole rings is 1. The summed E-state index contributed by atoms with van der Waals surface area (Å²) in [4.78, 5) is 5.39. The minimum atomic E-state index is -0.0940. The molecule has 1 aliphatic rings. The smallest absolute Gasteiger partial charge is 0.146 e. The van der Waals surface area contributed by atoms with Crippen molar-refractivity contribution in [2.24, 2.45) is 0 Å². The average Bonchev–Trinajstić information content (AvgIpc) is 3.66. The number of benzene rings is 8. The molecule has 0 fully saturated rings. The fourth-order valence-corrected chi connectivity index (χ4v) is 8.43. The molecule has 0 amide bonds. The summed E-state index contributed by atoms with van der Waals surface area (Å²) in [5, 5.41) is 4.83. The van der Waals surface area contributed by atoms with Gasteiger partial charge in [0.05, 0.1) is 11.0 Å². The molecule has 0 saturated heterocycles. The predicted octanol–water partition coefficient (Wildman–Crippen LogP) is 12.6. The zero-order chi connectivity index (χ0) is 33.4. The van der Waals surface area contributed by atoms with Crippen LogP contribution in [0.3, 0.4) is 0 Å². The summed E-state index contributed by atoms with van der Waals surface area (Å²) in [6.45, 7) is 4.73. The Kier molecular flexibility index (Phi) is 6.25. The largest absolute Gasteiger partial charge is 0.292 e. The van der Waals surface area contributed by atoms with Crippen molar-refractivity contribution in [2.45, 2.75) is 19.3 Å². The molecule has 8 aromatic carbocycles. The van der Waals surface area contributed by atoms with Gasteiger partial charge in [-0.1, -0.05) is 147 Å². The fraction of sp³-hybridized carbons (Fsp3) is 0.0625. The van der Waals surface area contributed by atoms with E-state index in [0.29, 0.717) is 0 Å². The maximum atomic E-state index is 5.39. The summed E-state index contributed by atoms with van der Waals surface area (Å²) in [5.41, 5.74) is 14.6. The topological polar surface area (TPSA) is 17.8 Å². The fourth-order valence-electron chi connectivity index (χ4n) is 8.43. The first-order valence-corrected chi connectivity index (χ1v) is 17.4. The van der Waals surface area contributed by atoms with Gasteiger partial charge in [0, 0.05) is 16.7 Å². The second kappa shape index (κ2) is 10.9. The molecular weight excluding hydrogens is 605 g/mol. The van der Waals surface area contributed by atoms with E-state index in [1.807, 2.05) is 0 Å². The summed E-state index contributed by atoms with van der Waals surface area (Å²) in [5.74, 6) is 0.947. The van der Waals surface area contributed by atoms with Crippen LogP contribution in [0.1, 0.15) is 25.0 Å². The molecule has 2 nitrogen and oxygen atoms in total. The number of rotatable bonds is 4. The third-order valence-electron chi connectivity index (χ3n) is 10.8. The number of hydrogen-bond donors (Lipinski definition) is 0. The molecule has 0 unspecified atom stereocenters. The van der Waals surface area contributed by atoms with E-state index in [0.717, 1.165) is 28.1 Å². The second-order valence-corrected chi connectivity index (χ2v) is 13.9. The van der Waals surface area contributed by atoms with Crippen molar-refractivity contribution in [3.8, 4) is 50.5 Å². The number of aromatic nitrogens is 2. The van der Waals surface area contributed by atoms with Crippen molar-refractivity contribution in [2.75, 3.05) is 0 Å². The molecule has 0 aliphatic heterocycles. The third-order valence-corrected chi connectivity index (χ3v) is 10.8. The Morgan fingerprint density at radius 2 is 1.06 bits per heavy atom. The molecule has 0 spiro atoms. The standard InChI is InChI=1S/C48H34N2/c1-48(2)41-22-12-11-19-35(41)36-27-26-33(30-42(36)48)45-37-20-9-10-21-38(37)46(39-28-25-32(29-40(39)45)31-15-5-3-6-16-31)47-49-43-23-13-14-24-44(43)50(47)34-17-7-4-8-18-34/h3-30H,1-2H3. The molecule has 0 saturated carbocycles. The normalized spacial score (nSPS) is 13.2. The summed E-state index contributed by atoms with van der Waals surface area (Å²) in [6, 6.07) is 61.8. The SMILES string of the molecule is CC1(C)c2ccccc2-c2ccc(-c3c4ccccc4c(-c4nc5ccccc5n4-c4ccccc4)c4ccc(-c5ccccc5)cc34)cc21. The highest BCUT2D eigenvalue weighted by atomic mass is 15.1. The third kappa shape index (κ3) is 4.18. The molecule has 10 rings (SSSR count). The predicted molar refractivity (Wildman–Crippen MR) is 210 cm³/mol. The highest BCUT2D eigenvalue weighted by Gasteiger charge is 2.35. The van der Waals surface area contributed by atoms with Crippen LogP contribution >= 0.6 is 0 Å². The zero-order valence-corrected chi connectivity index (χ0v) is 28.1. The molecule has 0 radical (unpaired) electrons. The Morgan fingerprint density at radius 1 is 0.440 bits per heavy atom. The number of nitrogens with zero attached hydrogens (tertiary/aromatic N) is 2. The number of para-hydroxylation sites is 3. The molecule has 236 valence electrons. The van der Waals surface area contributed by atoms with Gasteiger partial charge in [-0.05, 0) is 102 Å². The number of fused-ring (bicyclic) bond motifs is 6. The Balaban J connectivity index is 1.33. The first-order chi connectivity index (χ1) is 24.6. The van der Waals surface area contributed by atoms with Gasteiger partial charge in [-0.15, -0.1) is 0 Å². The highest BCUT2D eigenvalue weighted by molar-refractivity contribution is 6.22. The van der Waals surface area contributed by atoms with Gasteiger partial charge in [0.15, 0.2) is 0 Å². The highest BCUT2D eigenvalue weighted by Crippen LogP contribution is 2.51. The van der Waals surface area contributed by atoms with Crippen LogP contribution in [0.5, 0.6) is 0 Å². The molecule has 9 aromatic rings. The maximum Gasteiger partial charge on any atom is 0.146 e. The Morgan fingerprint density at radius 3 is 1.88 bits per heavy atom. The lowest BCUT2D eigenvalue weighted by Crippen LogP contribution is -2.14. The number of hydrogen-bond acceptors (Lipinski definition) is 1. The van der Waals surface area contributed by atoms with Crippen LogP contribution in [0, 0.1) is 0 Å². The average molecular weight is 639 g/mol. The quantitative estimate of drug-likeness (QED) is 0.175. The van der Waals surface area contributed by atoms with Crippen LogP contribution in [0.2, 0.25) is 0 Å². The molecule has 0 atom stereocenters. The van der Waals surface area contributed by atoms with E-state index in [2.05, 4.69) is 188 Å². The minimum absolute atomic E-state index is 0.0940. The van der Waals surface area contributed by atoms with Crippen LogP contribution in [0.15, 0.2) is 170 Å². The van der Waals surface area contributed by atoms with Gasteiger partial charge in [0.2, 0.25) is 0 Å². The molecule has 2 heteroatoms. The van der Waals surface area contributed by atoms with Gasteiger partial charge >= 0.3 is 0 Å². The van der Waals surface area contributed by atoms with Crippen molar-refractivity contribution < 1.29 is 0 Å². The lowest BCUT2D eigenvalue weighted by atomic mass is 9.80. The lowest BCUT2D eigenvalue weighted by molar-refractivity contribution is 0.660. The Labute approximate surface area is 291 Å². The summed E-state index contributed by atoms with van der Waals surface area (Å²) >= 11 is 0. The van der Waals surface area contributed by atoms with E-state index >= 15 is 0 Å². The van der Waals surface area contributed by atoms with E-state index in [9.17, 15) is 0 Å². The van der Waals surface area contributed by atoms with Crippen LogP contribution in [0.4, 0.5) is 0 Å². The van der Waals surface area contributed by atoms with Crippen LogP contribution in [0.25, 0.3) is 83.0 Å². The molecule has 1 aromatic heterocycles. The van der Waals surface area contributed by atoms with E-state index < -0.39 is 0 Å². The molecule has 0 bridgehead atoms. The van der Waals surface area contributed by atoms with Crippen molar-refractivity contribution in [1.82, 2.24) is 9.55 Å². The Hall–Kier alpha value is -6.25. The van der Waals surface area contributed by atoms with Crippen molar-refractivity contribution in [3.05, 3.63) is 181 Å². The molecule has 50 heavy (non-hydrogen) atoms. The van der Waals surface area contributed by atoms with Crippen molar-refractivity contribution in [3.63, 3.8) is 0 Å². The van der Waals surface area contributed by atoms with E-state index in [-0.39, 0.29) is 5.41 Å². The van der Waals surface area contributed by atoms with Gasteiger partial charge in [-0.2, -0.15) is 0 Å². The first-order valence-electron chi connectivity index (χ1n) is 17.4. The molecular formula is C48H34N2. The van der Waals surface area contributed by atoms with Gasteiger partial charge < -0.3 is 0 Å². The van der Waals surface area contributed by atoms with Gasteiger partial charge in [0.1, 0.15) is 5.82 Å². The summed E-state index contributed by atoms with van der Waals surface area (Å²) in [7, 11) is 0. The minimum Gasteiger partial charge on any atom is -0.292 e. The Bertz CT molecular complexity index is 2770. The van der Waals surface area contributed by atoms with Crippen LogP contribution in [-0.4, -0.2) is 9.55 Å². The zero-order valence-electron chi connectivity index (χ0n) is 28.1. The van der Waals surface area contributed by atoms with Gasteiger partial charge in [-0.3, -0.25) is 4.57 Å². The summed E-state index contributed by atoms with van der Waals surface area (Å²) < 4.78 is 2.33. The molecule has 1 heterocycles. The molecule has 1 aliphatic carbocycles. The van der Waals surface area contributed by atoms with E-state index in [1.54, 1.807) is 0 Å². The van der Waals surface area contributed by atoms with Crippen LogP contribution < -0.4 is 0 Å². The summed E-state index contributed by atoms with van der Waals surface area (Å²) in [6.07, 6.45) is 0. The van der Waals surface area contributed by atoms with E-state index in [1.165, 1.54) is 66.1 Å². The monoisotopic (exact) mass is 638 g/mol. The lowest BCUT2D eigenvalue weighted by Gasteiger charge is -2.23. The van der Waals surface area contributed by atoms with Crippen LogP contribution in [-0.2, 0) is 5.41 Å². The van der Waals surface area contributed by atoms with E-state index in [4.69, 9.17) is 4.98 Å². The molecule has 0 N–H and O–H groups in total. The second-order valence-electron chi connectivity index (χ2n) is 13.9. The van der Waals surface area contributed by atoms with Gasteiger partial charge in [0.25, 0.3) is 0 Å². The first kappa shape index (κ1) is 28.7. The van der Waals surface area contributed by atoms with Crippen molar-refractivity contribution >= 4 is 32.6 Å². The maximum absolute atomic E-state index is 5.39.